The van der Waals surface area contributed by atoms with Crippen molar-refractivity contribution in [1.82, 2.24) is 24.2 Å². The first-order valence-electron chi connectivity index (χ1n) is 13.4. The van der Waals surface area contributed by atoms with E-state index >= 15 is 0 Å². The van der Waals surface area contributed by atoms with Crippen LogP contribution in [-0.2, 0) is 25.1 Å². The Labute approximate surface area is 225 Å². The Morgan fingerprint density at radius 3 is 2.76 bits per heavy atom. The number of benzene rings is 1. The van der Waals surface area contributed by atoms with Gasteiger partial charge in [-0.3, -0.25) is 14.4 Å². The molecule has 3 N–H and O–H groups in total. The van der Waals surface area contributed by atoms with Crippen LogP contribution in [-0.4, -0.2) is 57.4 Å². The number of nitrogens with zero attached hydrogens (tertiary/aromatic N) is 5. The molecule has 0 bridgehead atoms. The lowest BCUT2D eigenvalue weighted by molar-refractivity contribution is 0.0863. The molecule has 1 aliphatic rings. The van der Waals surface area contributed by atoms with Crippen molar-refractivity contribution in [2.75, 3.05) is 24.2 Å². The summed E-state index contributed by atoms with van der Waals surface area (Å²) in [5, 5.41) is 9.09. The molecule has 202 valence electrons. The molecule has 4 heterocycles. The molecular formula is C28H39N7O2Si. The summed E-state index contributed by atoms with van der Waals surface area (Å²) in [4.78, 5) is 20.2. The number of nitrogens with two attached hydrogens (primary N) is 1. The molecular weight excluding hydrogens is 494 g/mol. The van der Waals surface area contributed by atoms with Crippen molar-refractivity contribution < 1.29 is 9.53 Å². The van der Waals surface area contributed by atoms with E-state index in [4.69, 9.17) is 10.5 Å². The van der Waals surface area contributed by atoms with Crippen LogP contribution in [0.5, 0.6) is 0 Å². The van der Waals surface area contributed by atoms with E-state index in [0.29, 0.717) is 30.0 Å². The Morgan fingerprint density at radius 1 is 1.21 bits per heavy atom. The monoisotopic (exact) mass is 533 g/mol. The van der Waals surface area contributed by atoms with Crippen molar-refractivity contribution in [3.63, 3.8) is 0 Å². The maximum Gasteiger partial charge on any atom is 0.256 e. The van der Waals surface area contributed by atoms with Crippen molar-refractivity contribution in [3.8, 4) is 0 Å². The second kappa shape index (κ2) is 10.5. The van der Waals surface area contributed by atoms with Crippen molar-refractivity contribution in [2.24, 2.45) is 7.05 Å². The van der Waals surface area contributed by atoms with Crippen molar-refractivity contribution in [3.05, 3.63) is 47.8 Å². The third-order valence-corrected chi connectivity index (χ3v) is 9.23. The van der Waals surface area contributed by atoms with Crippen molar-refractivity contribution in [1.29, 1.82) is 0 Å². The Hall–Kier alpha value is -3.21. The van der Waals surface area contributed by atoms with Crippen LogP contribution >= 0.6 is 0 Å². The average molecular weight is 534 g/mol. The average Bonchev–Trinajstić information content (AvgIpc) is 3.51. The lowest BCUT2D eigenvalue weighted by Crippen LogP contribution is -2.27. The minimum atomic E-state index is -1.18. The van der Waals surface area contributed by atoms with Gasteiger partial charge in [-0.15, -0.1) is 0 Å². The highest BCUT2D eigenvalue weighted by atomic mass is 28.3. The van der Waals surface area contributed by atoms with Crippen LogP contribution < -0.4 is 11.1 Å². The zero-order chi connectivity index (χ0) is 27.0. The maximum absolute atomic E-state index is 13.1. The highest BCUT2D eigenvalue weighted by molar-refractivity contribution is 6.76. The molecule has 1 aliphatic heterocycles. The Kier molecular flexibility index (Phi) is 7.30. The molecule has 1 atom stereocenters. The summed E-state index contributed by atoms with van der Waals surface area (Å²) in [5.41, 5.74) is 9.52. The van der Waals surface area contributed by atoms with E-state index in [0.717, 1.165) is 47.5 Å². The third-order valence-electron chi connectivity index (χ3n) is 7.53. The molecule has 4 aromatic rings. The lowest BCUT2D eigenvalue weighted by Gasteiger charge is -2.22. The van der Waals surface area contributed by atoms with Gasteiger partial charge in [-0.25, -0.2) is 4.98 Å². The standard InChI is InChI=1S/C28H39N7O2Si/c1-19-7-6-10-34(19)17-22-13-21-16-30-26(15-24(21)35(22)18-37-11-12-38(3,4)5)31-28(36)20-8-9-23-25(14-20)33(2)32-27(23)29/h8-9,13-16,19H,6-7,10-12,17-18H2,1-5H3,(H2,29,32)(H,30,31,36)/t19-/m0/s1. The van der Waals surface area contributed by atoms with Crippen LogP contribution in [0.25, 0.3) is 21.8 Å². The number of nitrogen functional groups attached to an aromatic ring is 1. The smallest absolute Gasteiger partial charge is 0.256 e. The van der Waals surface area contributed by atoms with Gasteiger partial charge in [0.1, 0.15) is 12.5 Å². The minimum absolute atomic E-state index is 0.228. The molecule has 0 radical (unpaired) electrons. The molecule has 0 spiro atoms. The fourth-order valence-corrected chi connectivity index (χ4v) is 5.91. The summed E-state index contributed by atoms with van der Waals surface area (Å²) >= 11 is 0. The number of carbonyl (C=O) groups is 1. The molecule has 0 saturated carbocycles. The predicted molar refractivity (Wildman–Crippen MR) is 156 cm³/mol. The maximum atomic E-state index is 13.1. The zero-order valence-corrected chi connectivity index (χ0v) is 24.1. The fraction of sp³-hybridized carbons (Fsp3) is 0.464. The van der Waals surface area contributed by atoms with E-state index in [1.165, 1.54) is 18.5 Å². The number of aryl methyl sites for hydroxylation is 1. The Balaban J connectivity index is 1.40. The van der Waals surface area contributed by atoms with E-state index in [9.17, 15) is 4.79 Å². The molecule has 38 heavy (non-hydrogen) atoms. The number of likely N-dealkylation sites (tertiary alicyclic amines) is 1. The summed E-state index contributed by atoms with van der Waals surface area (Å²) in [6.45, 7) is 12.6. The molecule has 5 rings (SSSR count). The Bertz CT molecular complexity index is 1470. The summed E-state index contributed by atoms with van der Waals surface area (Å²) in [6, 6.07) is 11.3. The molecule has 9 nitrogen and oxygen atoms in total. The zero-order valence-electron chi connectivity index (χ0n) is 23.1. The third kappa shape index (κ3) is 5.62. The van der Waals surface area contributed by atoms with Gasteiger partial charge in [0.25, 0.3) is 5.91 Å². The highest BCUT2D eigenvalue weighted by Crippen LogP contribution is 2.27. The number of aromatic nitrogens is 4. The number of fused-ring (bicyclic) bond motifs is 2. The molecule has 1 saturated heterocycles. The van der Waals surface area contributed by atoms with Crippen LogP contribution in [0.2, 0.25) is 25.7 Å². The van der Waals surface area contributed by atoms with Crippen molar-refractivity contribution in [2.45, 2.75) is 64.8 Å². The van der Waals surface area contributed by atoms with Crippen LogP contribution in [0.1, 0.15) is 35.8 Å². The minimum Gasteiger partial charge on any atom is -0.382 e. The quantitative estimate of drug-likeness (QED) is 0.230. The number of carbonyl (C=O) groups excluding carboxylic acids is 1. The molecule has 1 aromatic carbocycles. The predicted octanol–water partition coefficient (Wildman–Crippen LogP) is 5.05. The first kappa shape index (κ1) is 26.4. The molecule has 0 unspecified atom stereocenters. The van der Waals surface area contributed by atoms with E-state index in [1.807, 2.05) is 25.4 Å². The number of hydrogen-bond acceptors (Lipinski definition) is 6. The number of pyridine rings is 1. The van der Waals surface area contributed by atoms with Crippen LogP contribution in [0.4, 0.5) is 11.6 Å². The molecule has 1 fully saturated rings. The van der Waals surface area contributed by atoms with Gasteiger partial charge in [0.15, 0.2) is 5.82 Å². The number of ether oxygens (including phenoxy) is 1. The molecule has 1 amide bonds. The Morgan fingerprint density at radius 2 is 2.03 bits per heavy atom. The topological polar surface area (TPSA) is 103 Å². The van der Waals surface area contributed by atoms with Crippen LogP contribution in [0.3, 0.4) is 0 Å². The molecule has 3 aromatic heterocycles. The van der Waals surface area contributed by atoms with Gasteiger partial charge in [0.2, 0.25) is 0 Å². The first-order valence-corrected chi connectivity index (χ1v) is 17.1. The molecule has 0 aliphatic carbocycles. The van der Waals surface area contributed by atoms with Gasteiger partial charge < -0.3 is 20.4 Å². The molecule has 10 heteroatoms. The van der Waals surface area contributed by atoms with E-state index in [1.54, 1.807) is 16.8 Å². The summed E-state index contributed by atoms with van der Waals surface area (Å²) < 4.78 is 10.1. The normalized spacial score (nSPS) is 16.6. The first-order chi connectivity index (χ1) is 18.1. The fourth-order valence-electron chi connectivity index (χ4n) is 5.15. The van der Waals surface area contributed by atoms with Gasteiger partial charge in [0.05, 0.1) is 11.0 Å². The highest BCUT2D eigenvalue weighted by Gasteiger charge is 2.23. The van der Waals surface area contributed by atoms with E-state index in [2.05, 4.69) is 57.5 Å². The SMILES string of the molecule is C[C@H]1CCCN1Cc1cc2cnc(NC(=O)c3ccc4c(N)nn(C)c4c3)cc2n1COCC[Si](C)(C)C. The van der Waals surface area contributed by atoms with E-state index in [-0.39, 0.29) is 5.91 Å². The second-order valence-corrected chi connectivity index (χ2v) is 17.3. The van der Waals surface area contributed by atoms with Gasteiger partial charge in [-0.2, -0.15) is 5.10 Å². The number of amides is 1. The second-order valence-electron chi connectivity index (χ2n) is 11.7. The van der Waals surface area contributed by atoms with Crippen LogP contribution in [0, 0.1) is 0 Å². The van der Waals surface area contributed by atoms with Gasteiger partial charge >= 0.3 is 0 Å². The summed E-state index contributed by atoms with van der Waals surface area (Å²) in [7, 11) is 0.639. The summed E-state index contributed by atoms with van der Waals surface area (Å²) in [5.74, 6) is 0.734. The van der Waals surface area contributed by atoms with Gasteiger partial charge in [-0.1, -0.05) is 19.6 Å². The van der Waals surface area contributed by atoms with Gasteiger partial charge in [-0.05, 0) is 56.6 Å². The van der Waals surface area contributed by atoms with E-state index < -0.39 is 8.07 Å². The van der Waals surface area contributed by atoms with Gasteiger partial charge in [0, 0.05) is 68.6 Å². The largest absolute Gasteiger partial charge is 0.382 e. The lowest BCUT2D eigenvalue weighted by atomic mass is 10.1. The number of hydrogen-bond donors (Lipinski definition) is 2. The number of rotatable bonds is 9. The number of anilines is 2. The van der Waals surface area contributed by atoms with Crippen molar-refractivity contribution >= 4 is 47.4 Å². The summed E-state index contributed by atoms with van der Waals surface area (Å²) in [6.07, 6.45) is 4.32. The van der Waals surface area contributed by atoms with Crippen LogP contribution in [0.15, 0.2) is 36.5 Å². The number of nitrogens with one attached hydrogen (secondary N) is 1.